The van der Waals surface area contributed by atoms with Crippen LogP contribution in [0.15, 0.2) is 11.8 Å². The fourth-order valence-electron chi connectivity index (χ4n) is 1.96. The van der Waals surface area contributed by atoms with Crippen LogP contribution >= 0.6 is 0 Å². The summed E-state index contributed by atoms with van der Waals surface area (Å²) in [7, 11) is 0. The Bertz CT molecular complexity index is 364. The van der Waals surface area contributed by atoms with Gasteiger partial charge in [-0.05, 0) is 24.7 Å². The van der Waals surface area contributed by atoms with Crippen LogP contribution in [0.1, 0.15) is 52.9 Å². The van der Waals surface area contributed by atoms with Crippen molar-refractivity contribution in [1.82, 2.24) is 5.32 Å². The molecule has 1 fully saturated rings. The molecular weight excluding hydrogens is 253 g/mol. The van der Waals surface area contributed by atoms with Crippen LogP contribution in [0, 0.1) is 11.3 Å². The standard InChI is InChI=1S/C14H23NO3.Na/c1-4-5-6-7-8-11(13(17)18)15-12(16)10-9-14(10,2)3;/h8,10H,4-7,9H2,1-3H3,(H,15,16)(H,17,18);/q;+1/p-1. The minimum atomic E-state index is -1.31. The number of carbonyl (C=O) groups is 2. The Morgan fingerprint density at radius 1 is 1.37 bits per heavy atom. The van der Waals surface area contributed by atoms with Crippen molar-refractivity contribution in [3.63, 3.8) is 0 Å². The van der Waals surface area contributed by atoms with Crippen LogP contribution in [-0.4, -0.2) is 11.9 Å². The Balaban J connectivity index is 0.00000324. The van der Waals surface area contributed by atoms with E-state index in [1.807, 2.05) is 13.8 Å². The molecule has 0 aromatic rings. The number of carbonyl (C=O) groups excluding carboxylic acids is 2. The smallest absolute Gasteiger partial charge is 0.543 e. The van der Waals surface area contributed by atoms with Crippen LogP contribution in [0.4, 0.5) is 0 Å². The van der Waals surface area contributed by atoms with Gasteiger partial charge in [0.2, 0.25) is 5.91 Å². The first-order valence-corrected chi connectivity index (χ1v) is 6.61. The van der Waals surface area contributed by atoms with Gasteiger partial charge in [0.15, 0.2) is 0 Å². The maximum absolute atomic E-state index is 11.8. The zero-order chi connectivity index (χ0) is 13.8. The average Bonchev–Trinajstić information content (AvgIpc) is 2.92. The molecule has 0 aliphatic heterocycles. The number of aliphatic carboxylic acids is 1. The van der Waals surface area contributed by atoms with E-state index < -0.39 is 5.97 Å². The third-order valence-electron chi connectivity index (χ3n) is 3.46. The third-order valence-corrected chi connectivity index (χ3v) is 3.46. The third kappa shape index (κ3) is 6.11. The van der Waals surface area contributed by atoms with Gasteiger partial charge in [0, 0.05) is 5.92 Å². The summed E-state index contributed by atoms with van der Waals surface area (Å²) in [6.07, 6.45) is 6.09. The molecule has 1 saturated carbocycles. The van der Waals surface area contributed by atoms with Gasteiger partial charge in [-0.25, -0.2) is 0 Å². The molecule has 5 heteroatoms. The van der Waals surface area contributed by atoms with Crippen molar-refractivity contribution in [1.29, 1.82) is 0 Å². The molecule has 0 heterocycles. The normalized spacial score (nSPS) is 20.4. The Kier molecular flexibility index (Phi) is 7.94. The molecule has 4 nitrogen and oxygen atoms in total. The van der Waals surface area contributed by atoms with Gasteiger partial charge < -0.3 is 15.2 Å². The monoisotopic (exact) mass is 275 g/mol. The summed E-state index contributed by atoms with van der Waals surface area (Å²) in [4.78, 5) is 22.7. The fraction of sp³-hybridized carbons (Fsp3) is 0.714. The van der Waals surface area contributed by atoms with Gasteiger partial charge in [0.25, 0.3) is 0 Å². The van der Waals surface area contributed by atoms with Crippen molar-refractivity contribution in [3.05, 3.63) is 11.8 Å². The molecular formula is C14H22NNaO3. The maximum Gasteiger partial charge on any atom is 1.00 e. The van der Waals surface area contributed by atoms with Crippen LogP contribution < -0.4 is 40.0 Å². The van der Waals surface area contributed by atoms with E-state index in [-0.39, 0.29) is 52.5 Å². The number of nitrogens with one attached hydrogen (secondary N) is 1. The van der Waals surface area contributed by atoms with E-state index in [2.05, 4.69) is 12.2 Å². The van der Waals surface area contributed by atoms with E-state index in [1.54, 1.807) is 6.08 Å². The molecule has 0 aromatic carbocycles. The summed E-state index contributed by atoms with van der Waals surface area (Å²) in [5, 5.41) is 13.4. The van der Waals surface area contributed by atoms with Crippen LogP contribution in [0.5, 0.6) is 0 Å². The first-order chi connectivity index (χ1) is 8.38. The number of hydrogen-bond donors (Lipinski definition) is 1. The molecule has 1 aliphatic rings. The van der Waals surface area contributed by atoms with Crippen molar-refractivity contribution in [3.8, 4) is 0 Å². The molecule has 0 aromatic heterocycles. The van der Waals surface area contributed by atoms with Crippen molar-refractivity contribution >= 4 is 11.9 Å². The van der Waals surface area contributed by atoms with Crippen molar-refractivity contribution in [2.24, 2.45) is 11.3 Å². The molecule has 0 spiro atoms. The summed E-state index contributed by atoms with van der Waals surface area (Å²) < 4.78 is 0. The molecule has 1 amide bonds. The number of amides is 1. The van der Waals surface area contributed by atoms with Crippen molar-refractivity contribution in [2.45, 2.75) is 52.9 Å². The van der Waals surface area contributed by atoms with E-state index in [0.717, 1.165) is 25.7 Å². The molecule has 1 unspecified atom stereocenters. The maximum atomic E-state index is 11.8. The fourth-order valence-corrected chi connectivity index (χ4v) is 1.96. The first-order valence-electron chi connectivity index (χ1n) is 6.61. The van der Waals surface area contributed by atoms with Crippen molar-refractivity contribution in [2.75, 3.05) is 0 Å². The van der Waals surface area contributed by atoms with Gasteiger partial charge >= 0.3 is 29.6 Å². The van der Waals surface area contributed by atoms with Gasteiger partial charge in [-0.15, -0.1) is 0 Å². The van der Waals surface area contributed by atoms with Gasteiger partial charge in [-0.3, -0.25) is 4.79 Å². The van der Waals surface area contributed by atoms with Crippen LogP contribution in [-0.2, 0) is 9.59 Å². The minimum absolute atomic E-state index is 0. The molecule has 1 N–H and O–H groups in total. The largest absolute Gasteiger partial charge is 1.00 e. The predicted octanol–water partition coefficient (Wildman–Crippen LogP) is -1.63. The van der Waals surface area contributed by atoms with Gasteiger partial charge in [0.1, 0.15) is 0 Å². The van der Waals surface area contributed by atoms with Crippen LogP contribution in [0.25, 0.3) is 0 Å². The topological polar surface area (TPSA) is 69.2 Å². The van der Waals surface area contributed by atoms with E-state index in [0.29, 0.717) is 6.42 Å². The second kappa shape index (κ2) is 8.08. The number of rotatable bonds is 7. The van der Waals surface area contributed by atoms with Gasteiger partial charge in [-0.2, -0.15) is 0 Å². The second-order valence-corrected chi connectivity index (χ2v) is 5.64. The zero-order valence-corrected chi connectivity index (χ0v) is 14.4. The van der Waals surface area contributed by atoms with E-state index >= 15 is 0 Å². The molecule has 0 saturated heterocycles. The molecule has 1 aliphatic carbocycles. The van der Waals surface area contributed by atoms with E-state index in [9.17, 15) is 14.7 Å². The van der Waals surface area contributed by atoms with E-state index in [1.165, 1.54) is 0 Å². The summed E-state index contributed by atoms with van der Waals surface area (Å²) in [6, 6.07) is 0. The zero-order valence-electron chi connectivity index (χ0n) is 12.4. The number of allylic oxidation sites excluding steroid dienone is 1. The summed E-state index contributed by atoms with van der Waals surface area (Å²) >= 11 is 0. The number of hydrogen-bond acceptors (Lipinski definition) is 3. The second-order valence-electron chi connectivity index (χ2n) is 5.64. The van der Waals surface area contributed by atoms with E-state index in [4.69, 9.17) is 0 Å². The SMILES string of the molecule is CCCCCC=C(NC(=O)C1CC1(C)C)C(=O)[O-].[Na+]. The van der Waals surface area contributed by atoms with Gasteiger partial charge in [-0.1, -0.05) is 39.7 Å². The summed E-state index contributed by atoms with van der Waals surface area (Å²) in [5.74, 6) is -1.58. The van der Waals surface area contributed by atoms with Gasteiger partial charge in [0.05, 0.1) is 11.7 Å². The first kappa shape index (κ1) is 18.7. The van der Waals surface area contributed by atoms with Crippen molar-refractivity contribution < 1.29 is 44.3 Å². The Morgan fingerprint density at radius 3 is 2.37 bits per heavy atom. The molecule has 1 rings (SSSR count). The molecule has 0 radical (unpaired) electrons. The molecule has 1 atom stereocenters. The quantitative estimate of drug-likeness (QED) is 0.344. The van der Waals surface area contributed by atoms with Crippen LogP contribution in [0.3, 0.4) is 0 Å². The minimum Gasteiger partial charge on any atom is -0.543 e. The van der Waals surface area contributed by atoms with Crippen LogP contribution in [0.2, 0.25) is 0 Å². The Hall–Kier alpha value is -0.320. The number of unbranched alkanes of at least 4 members (excludes halogenated alkanes) is 3. The Morgan fingerprint density at radius 2 is 1.95 bits per heavy atom. The summed E-state index contributed by atoms with van der Waals surface area (Å²) in [6.45, 7) is 6.09. The molecule has 102 valence electrons. The Labute approximate surface area is 137 Å². The number of carboxylic acids is 1. The summed E-state index contributed by atoms with van der Waals surface area (Å²) in [5.41, 5.74) is -0.0811. The molecule has 19 heavy (non-hydrogen) atoms. The number of carboxylic acid groups (broad SMARTS) is 1. The average molecular weight is 275 g/mol. The molecule has 0 bridgehead atoms. The predicted molar refractivity (Wildman–Crippen MR) is 67.3 cm³/mol.